The van der Waals surface area contributed by atoms with Crippen LogP contribution in [0.15, 0.2) is 59.0 Å². The minimum Gasteiger partial charge on any atom is -0.452 e. The van der Waals surface area contributed by atoms with Crippen LogP contribution in [0, 0.1) is 17.0 Å². The molecule has 0 saturated carbocycles. The maximum Gasteiger partial charge on any atom is 0.331 e. The number of aryl methyl sites for hydroxylation is 1. The van der Waals surface area contributed by atoms with Gasteiger partial charge in [-0.2, -0.15) is 0 Å². The van der Waals surface area contributed by atoms with Crippen LogP contribution >= 0.6 is 0 Å². The molecule has 0 N–H and O–H groups in total. The Morgan fingerprint density at radius 3 is 2.63 bits per heavy atom. The van der Waals surface area contributed by atoms with Crippen LogP contribution in [-0.2, 0) is 16.1 Å². The summed E-state index contributed by atoms with van der Waals surface area (Å²) in [4.78, 5) is 22.0. The first-order chi connectivity index (χ1) is 13.0. The van der Waals surface area contributed by atoms with Crippen molar-refractivity contribution in [1.29, 1.82) is 0 Å². The molecule has 0 aliphatic heterocycles. The van der Waals surface area contributed by atoms with E-state index in [1.807, 2.05) is 31.2 Å². The van der Waals surface area contributed by atoms with E-state index in [9.17, 15) is 14.9 Å². The summed E-state index contributed by atoms with van der Waals surface area (Å²) >= 11 is 0. The lowest BCUT2D eigenvalue weighted by Gasteiger charge is -1.99. The van der Waals surface area contributed by atoms with Gasteiger partial charge in [0.05, 0.1) is 4.92 Å². The van der Waals surface area contributed by atoms with E-state index in [1.54, 1.807) is 6.08 Å². The number of aromatic nitrogens is 2. The molecule has 0 bridgehead atoms. The molecule has 1 heterocycles. The molecular formula is C19H15N3O5. The smallest absolute Gasteiger partial charge is 0.331 e. The highest BCUT2D eigenvalue weighted by atomic mass is 16.6. The minimum absolute atomic E-state index is 0.0344. The summed E-state index contributed by atoms with van der Waals surface area (Å²) in [6, 6.07) is 13.3. The van der Waals surface area contributed by atoms with Gasteiger partial charge in [-0.3, -0.25) is 10.1 Å². The lowest BCUT2D eigenvalue weighted by atomic mass is 10.1. The number of ether oxygens (including phenoxy) is 1. The Balaban J connectivity index is 1.58. The fourth-order valence-electron chi connectivity index (χ4n) is 2.27. The van der Waals surface area contributed by atoms with Gasteiger partial charge >= 0.3 is 5.97 Å². The normalized spacial score (nSPS) is 10.9. The van der Waals surface area contributed by atoms with E-state index >= 15 is 0 Å². The molecule has 8 nitrogen and oxygen atoms in total. The van der Waals surface area contributed by atoms with Crippen molar-refractivity contribution in [2.24, 2.45) is 0 Å². The summed E-state index contributed by atoms with van der Waals surface area (Å²) in [6.45, 7) is 1.78. The summed E-state index contributed by atoms with van der Waals surface area (Å²) in [7, 11) is 0. The Morgan fingerprint density at radius 2 is 1.93 bits per heavy atom. The summed E-state index contributed by atoms with van der Waals surface area (Å²) in [5, 5.41) is 18.3. The van der Waals surface area contributed by atoms with Gasteiger partial charge in [0.2, 0.25) is 5.89 Å². The van der Waals surface area contributed by atoms with Gasteiger partial charge in [0.1, 0.15) is 0 Å². The number of esters is 1. The number of nitrogens with zero attached hydrogens (tertiary/aromatic N) is 3. The molecule has 2 aromatic carbocycles. The van der Waals surface area contributed by atoms with Gasteiger partial charge in [0.25, 0.3) is 11.6 Å². The number of hydrogen-bond donors (Lipinski definition) is 0. The van der Waals surface area contributed by atoms with Crippen LogP contribution in [0.2, 0.25) is 0 Å². The van der Waals surface area contributed by atoms with Gasteiger partial charge in [-0.15, -0.1) is 10.2 Å². The summed E-state index contributed by atoms with van der Waals surface area (Å²) < 4.78 is 10.5. The van der Waals surface area contributed by atoms with Crippen molar-refractivity contribution in [3.8, 4) is 11.5 Å². The molecule has 3 rings (SSSR count). The molecule has 27 heavy (non-hydrogen) atoms. The highest BCUT2D eigenvalue weighted by molar-refractivity contribution is 5.87. The topological polar surface area (TPSA) is 108 Å². The standard InChI is InChI=1S/C19H15N3O5/c1-13-4-2-3-5-14(13)8-11-18(23)26-12-17-20-21-19(27-17)15-6-9-16(10-7-15)22(24)25/h2-11H,12H2,1H3/b11-8+. The quantitative estimate of drug-likeness (QED) is 0.283. The van der Waals surface area contributed by atoms with Gasteiger partial charge < -0.3 is 9.15 Å². The molecular weight excluding hydrogens is 350 g/mol. The molecule has 0 atom stereocenters. The van der Waals surface area contributed by atoms with Gasteiger partial charge in [-0.05, 0) is 36.3 Å². The zero-order valence-corrected chi connectivity index (χ0v) is 14.4. The Bertz CT molecular complexity index is 993. The van der Waals surface area contributed by atoms with Crippen LogP contribution in [0.4, 0.5) is 5.69 Å². The largest absolute Gasteiger partial charge is 0.452 e. The third kappa shape index (κ3) is 4.63. The predicted molar refractivity (Wildman–Crippen MR) is 96.4 cm³/mol. The van der Waals surface area contributed by atoms with Crippen LogP contribution in [0.25, 0.3) is 17.5 Å². The first-order valence-electron chi connectivity index (χ1n) is 8.00. The van der Waals surface area contributed by atoms with E-state index in [0.29, 0.717) is 5.56 Å². The lowest BCUT2D eigenvalue weighted by molar-refractivity contribution is -0.384. The second-order valence-corrected chi connectivity index (χ2v) is 5.60. The maximum absolute atomic E-state index is 11.8. The number of carbonyl (C=O) groups is 1. The van der Waals surface area contributed by atoms with E-state index in [1.165, 1.54) is 30.3 Å². The minimum atomic E-state index is -0.534. The monoisotopic (exact) mass is 365 g/mol. The Hall–Kier alpha value is -3.81. The predicted octanol–water partition coefficient (Wildman–Crippen LogP) is 3.71. The van der Waals surface area contributed by atoms with E-state index in [2.05, 4.69) is 10.2 Å². The first kappa shape index (κ1) is 18.0. The first-order valence-corrected chi connectivity index (χ1v) is 8.00. The molecule has 0 spiro atoms. The van der Waals surface area contributed by atoms with Crippen LogP contribution in [0.5, 0.6) is 0 Å². The van der Waals surface area contributed by atoms with Crippen LogP contribution in [0.1, 0.15) is 17.0 Å². The average molecular weight is 365 g/mol. The van der Waals surface area contributed by atoms with E-state index in [-0.39, 0.29) is 24.1 Å². The molecule has 0 aliphatic carbocycles. The zero-order chi connectivity index (χ0) is 19.2. The number of hydrogen-bond acceptors (Lipinski definition) is 7. The fourth-order valence-corrected chi connectivity index (χ4v) is 2.27. The van der Waals surface area contributed by atoms with Crippen molar-refractivity contribution in [2.75, 3.05) is 0 Å². The van der Waals surface area contributed by atoms with Crippen molar-refractivity contribution < 1.29 is 18.9 Å². The second kappa shape index (κ2) is 8.05. The number of non-ortho nitro benzene ring substituents is 1. The second-order valence-electron chi connectivity index (χ2n) is 5.60. The maximum atomic E-state index is 11.8. The van der Waals surface area contributed by atoms with Crippen LogP contribution < -0.4 is 0 Å². The molecule has 1 aromatic heterocycles. The Morgan fingerprint density at radius 1 is 1.19 bits per heavy atom. The van der Waals surface area contributed by atoms with Crippen molar-refractivity contribution >= 4 is 17.7 Å². The molecule has 0 saturated heterocycles. The van der Waals surface area contributed by atoms with Gasteiger partial charge in [-0.1, -0.05) is 24.3 Å². The van der Waals surface area contributed by atoms with Gasteiger partial charge in [0.15, 0.2) is 6.61 Å². The van der Waals surface area contributed by atoms with Crippen LogP contribution in [0.3, 0.4) is 0 Å². The van der Waals surface area contributed by atoms with Gasteiger partial charge in [0, 0.05) is 23.8 Å². The third-order valence-corrected chi connectivity index (χ3v) is 3.72. The average Bonchev–Trinajstić information content (AvgIpc) is 3.15. The van der Waals surface area contributed by atoms with Gasteiger partial charge in [-0.25, -0.2) is 4.79 Å². The van der Waals surface area contributed by atoms with Crippen molar-refractivity contribution in [3.05, 3.63) is 81.7 Å². The molecule has 0 radical (unpaired) electrons. The van der Waals surface area contributed by atoms with Crippen LogP contribution in [-0.4, -0.2) is 21.1 Å². The van der Waals surface area contributed by atoms with Crippen molar-refractivity contribution in [2.45, 2.75) is 13.5 Å². The highest BCUT2D eigenvalue weighted by Gasteiger charge is 2.12. The Labute approximate surface area is 154 Å². The number of carbonyl (C=O) groups excluding carboxylic acids is 1. The number of benzene rings is 2. The molecule has 0 amide bonds. The van der Waals surface area contributed by atoms with Crippen molar-refractivity contribution in [1.82, 2.24) is 10.2 Å². The molecule has 8 heteroatoms. The summed E-state index contributed by atoms with van der Waals surface area (Å²) in [5.74, 6) is -0.222. The molecule has 3 aromatic rings. The summed E-state index contributed by atoms with van der Waals surface area (Å²) in [5.41, 5.74) is 2.47. The zero-order valence-electron chi connectivity index (χ0n) is 14.4. The lowest BCUT2D eigenvalue weighted by Crippen LogP contribution is -2.01. The SMILES string of the molecule is Cc1ccccc1/C=C/C(=O)OCc1nnc(-c2ccc([N+](=O)[O-])cc2)o1. The molecule has 136 valence electrons. The number of rotatable bonds is 6. The van der Waals surface area contributed by atoms with E-state index in [0.717, 1.165) is 11.1 Å². The van der Waals surface area contributed by atoms with E-state index in [4.69, 9.17) is 9.15 Å². The van der Waals surface area contributed by atoms with E-state index < -0.39 is 10.9 Å². The molecule has 0 fully saturated rings. The number of nitro groups is 1. The highest BCUT2D eigenvalue weighted by Crippen LogP contribution is 2.21. The summed E-state index contributed by atoms with van der Waals surface area (Å²) in [6.07, 6.45) is 3.00. The number of nitro benzene ring substituents is 1. The molecule has 0 unspecified atom stereocenters. The third-order valence-electron chi connectivity index (χ3n) is 3.72. The molecule has 0 aliphatic rings. The fraction of sp³-hybridized carbons (Fsp3) is 0.105. The Kier molecular flexibility index (Phi) is 5.36. The van der Waals surface area contributed by atoms with Crippen molar-refractivity contribution in [3.63, 3.8) is 0 Å².